The Morgan fingerprint density at radius 1 is 1.17 bits per heavy atom. The smallest absolute Gasteiger partial charge is 0.193 e. The third-order valence-corrected chi connectivity index (χ3v) is 5.43. The number of halogens is 1. The number of nitrogens with zero attached hydrogens (tertiary/aromatic N) is 2. The summed E-state index contributed by atoms with van der Waals surface area (Å²) in [4.78, 5) is 7.12. The fraction of sp³-hybridized carbons (Fsp3) is 0.522. The predicted octanol–water partition coefficient (Wildman–Crippen LogP) is 4.68. The van der Waals surface area contributed by atoms with Gasteiger partial charge in [0.2, 0.25) is 0 Å². The number of fused-ring (bicyclic) bond motifs is 1. The van der Waals surface area contributed by atoms with Crippen molar-refractivity contribution in [2.45, 2.75) is 32.7 Å². The van der Waals surface area contributed by atoms with Crippen molar-refractivity contribution in [3.05, 3.63) is 42.0 Å². The van der Waals surface area contributed by atoms with Gasteiger partial charge in [-0.2, -0.15) is 0 Å². The zero-order valence-corrected chi connectivity index (χ0v) is 20.1. The highest BCUT2D eigenvalue weighted by molar-refractivity contribution is 14.0. The van der Waals surface area contributed by atoms with Gasteiger partial charge in [-0.15, -0.1) is 24.0 Å². The van der Waals surface area contributed by atoms with E-state index in [0.717, 1.165) is 43.9 Å². The summed E-state index contributed by atoms with van der Waals surface area (Å²) in [5, 5.41) is 5.83. The number of nitrogens with one attached hydrogen (secondary N) is 1. The molecule has 1 fully saturated rings. The number of hydrogen-bond donors (Lipinski definition) is 1. The molecule has 29 heavy (non-hydrogen) atoms. The minimum Gasteiger partial charge on any atom is -0.497 e. The quantitative estimate of drug-likeness (QED) is 0.333. The van der Waals surface area contributed by atoms with E-state index in [1.165, 1.54) is 35.6 Å². The van der Waals surface area contributed by atoms with Crippen LogP contribution < -0.4 is 10.1 Å². The molecule has 0 radical (unpaired) electrons. The van der Waals surface area contributed by atoms with Crippen LogP contribution in [-0.2, 0) is 11.3 Å². The van der Waals surface area contributed by atoms with Gasteiger partial charge >= 0.3 is 0 Å². The third kappa shape index (κ3) is 7.03. The zero-order chi connectivity index (χ0) is 19.8. The molecule has 160 valence electrons. The van der Waals surface area contributed by atoms with Crippen molar-refractivity contribution in [1.29, 1.82) is 0 Å². The minimum absolute atomic E-state index is 0. The SMILES string of the molecule is CCNC(=NCc1ccc2cc(OC)ccc2c1)N(C)CCC1CCOCC1.I. The molecule has 0 aliphatic carbocycles. The molecule has 2 aromatic rings. The summed E-state index contributed by atoms with van der Waals surface area (Å²) in [7, 11) is 3.83. The van der Waals surface area contributed by atoms with Crippen molar-refractivity contribution < 1.29 is 9.47 Å². The first-order valence-electron chi connectivity index (χ1n) is 10.3. The van der Waals surface area contributed by atoms with Crippen LogP contribution >= 0.6 is 24.0 Å². The molecule has 0 amide bonds. The van der Waals surface area contributed by atoms with E-state index in [2.05, 4.69) is 54.5 Å². The number of rotatable bonds is 7. The van der Waals surface area contributed by atoms with E-state index in [1.807, 2.05) is 6.07 Å². The van der Waals surface area contributed by atoms with Crippen molar-refractivity contribution in [3.63, 3.8) is 0 Å². The summed E-state index contributed by atoms with van der Waals surface area (Å²) < 4.78 is 10.8. The number of benzene rings is 2. The van der Waals surface area contributed by atoms with E-state index in [-0.39, 0.29) is 24.0 Å². The Morgan fingerprint density at radius 3 is 2.62 bits per heavy atom. The number of aliphatic imine (C=N–C) groups is 1. The number of guanidine groups is 1. The molecule has 0 unspecified atom stereocenters. The van der Waals surface area contributed by atoms with Crippen molar-refractivity contribution in [2.75, 3.05) is 40.5 Å². The van der Waals surface area contributed by atoms with E-state index < -0.39 is 0 Å². The number of hydrogen-bond acceptors (Lipinski definition) is 3. The standard InChI is InChI=1S/C23H33N3O2.HI/c1-4-24-23(26(2)12-9-18-10-13-28-14-11-18)25-17-19-5-6-21-16-22(27-3)8-7-20(21)15-19;/h5-8,15-16,18H,4,9-14,17H2,1-3H3,(H,24,25);1H. The number of ether oxygens (including phenoxy) is 2. The highest BCUT2D eigenvalue weighted by Crippen LogP contribution is 2.22. The lowest BCUT2D eigenvalue weighted by molar-refractivity contribution is 0.0625. The highest BCUT2D eigenvalue weighted by Gasteiger charge is 2.15. The maximum atomic E-state index is 5.47. The lowest BCUT2D eigenvalue weighted by Gasteiger charge is -2.26. The fourth-order valence-electron chi connectivity index (χ4n) is 3.65. The maximum Gasteiger partial charge on any atom is 0.193 e. The van der Waals surface area contributed by atoms with Crippen LogP contribution in [0.3, 0.4) is 0 Å². The van der Waals surface area contributed by atoms with Crippen molar-refractivity contribution in [3.8, 4) is 5.75 Å². The molecule has 1 saturated heterocycles. The average molecular weight is 511 g/mol. The van der Waals surface area contributed by atoms with E-state index in [0.29, 0.717) is 6.54 Å². The van der Waals surface area contributed by atoms with Gasteiger partial charge in [0.05, 0.1) is 13.7 Å². The van der Waals surface area contributed by atoms with Gasteiger partial charge in [-0.1, -0.05) is 18.2 Å². The largest absolute Gasteiger partial charge is 0.497 e. The van der Waals surface area contributed by atoms with Gasteiger partial charge < -0.3 is 19.7 Å². The fourth-order valence-corrected chi connectivity index (χ4v) is 3.65. The number of methoxy groups -OCH3 is 1. The van der Waals surface area contributed by atoms with Crippen LogP contribution in [0.15, 0.2) is 41.4 Å². The molecule has 0 bridgehead atoms. The molecular formula is C23H34IN3O2. The first-order chi connectivity index (χ1) is 13.7. The van der Waals surface area contributed by atoms with E-state index in [9.17, 15) is 0 Å². The van der Waals surface area contributed by atoms with Crippen LogP contribution in [0.25, 0.3) is 10.8 Å². The van der Waals surface area contributed by atoms with E-state index >= 15 is 0 Å². The van der Waals surface area contributed by atoms with Crippen molar-refractivity contribution >= 4 is 40.7 Å². The van der Waals surface area contributed by atoms with Gasteiger partial charge in [0.1, 0.15) is 5.75 Å². The second-order valence-corrected chi connectivity index (χ2v) is 7.48. The zero-order valence-electron chi connectivity index (χ0n) is 17.8. The van der Waals surface area contributed by atoms with Crippen LogP contribution in [0.2, 0.25) is 0 Å². The summed E-state index contributed by atoms with van der Waals surface area (Å²) >= 11 is 0. The van der Waals surface area contributed by atoms with Gasteiger partial charge in [0.15, 0.2) is 5.96 Å². The van der Waals surface area contributed by atoms with Crippen LogP contribution in [0.5, 0.6) is 5.75 Å². The lowest BCUT2D eigenvalue weighted by atomic mass is 9.96. The average Bonchev–Trinajstić information content (AvgIpc) is 2.75. The molecular weight excluding hydrogens is 477 g/mol. The summed E-state index contributed by atoms with van der Waals surface area (Å²) in [5.74, 6) is 2.64. The van der Waals surface area contributed by atoms with Gasteiger partial charge in [0.25, 0.3) is 0 Å². The van der Waals surface area contributed by atoms with E-state index in [4.69, 9.17) is 14.5 Å². The Labute approximate surface area is 191 Å². The molecule has 1 heterocycles. The Bertz CT molecular complexity index is 791. The Hall–Kier alpha value is -1.54. The van der Waals surface area contributed by atoms with Crippen molar-refractivity contribution in [2.24, 2.45) is 10.9 Å². The van der Waals surface area contributed by atoms with E-state index in [1.54, 1.807) is 7.11 Å². The van der Waals surface area contributed by atoms with Gasteiger partial charge in [-0.05, 0) is 66.6 Å². The molecule has 0 saturated carbocycles. The molecule has 0 spiro atoms. The highest BCUT2D eigenvalue weighted by atomic mass is 127. The van der Waals surface area contributed by atoms with Crippen LogP contribution in [0, 0.1) is 5.92 Å². The lowest BCUT2D eigenvalue weighted by Crippen LogP contribution is -2.40. The normalized spacial score (nSPS) is 15.1. The van der Waals surface area contributed by atoms with Crippen LogP contribution in [0.4, 0.5) is 0 Å². The Kier molecular flexibility index (Phi) is 10.0. The second-order valence-electron chi connectivity index (χ2n) is 7.48. The van der Waals surface area contributed by atoms with Crippen LogP contribution in [0.1, 0.15) is 31.7 Å². The first kappa shape index (κ1) is 23.7. The summed E-state index contributed by atoms with van der Waals surface area (Å²) in [6, 6.07) is 12.7. The topological polar surface area (TPSA) is 46.1 Å². The third-order valence-electron chi connectivity index (χ3n) is 5.43. The summed E-state index contributed by atoms with van der Waals surface area (Å²) in [6.07, 6.45) is 3.56. The molecule has 5 nitrogen and oxygen atoms in total. The molecule has 6 heteroatoms. The second kappa shape index (κ2) is 12.2. The predicted molar refractivity (Wildman–Crippen MR) is 132 cm³/mol. The summed E-state index contributed by atoms with van der Waals surface area (Å²) in [5.41, 5.74) is 1.21. The molecule has 1 N–H and O–H groups in total. The minimum atomic E-state index is 0. The molecule has 2 aromatic carbocycles. The molecule has 3 rings (SSSR count). The van der Waals surface area contributed by atoms with Crippen LogP contribution in [-0.4, -0.2) is 51.3 Å². The molecule has 0 atom stereocenters. The Balaban J connectivity index is 0.00000300. The first-order valence-corrected chi connectivity index (χ1v) is 10.3. The summed E-state index contributed by atoms with van der Waals surface area (Å²) in [6.45, 7) is 6.51. The molecule has 1 aliphatic rings. The maximum absolute atomic E-state index is 5.47. The molecule has 1 aliphatic heterocycles. The Morgan fingerprint density at radius 2 is 1.90 bits per heavy atom. The van der Waals surface area contributed by atoms with Gasteiger partial charge in [-0.3, -0.25) is 0 Å². The van der Waals surface area contributed by atoms with Crippen molar-refractivity contribution in [1.82, 2.24) is 10.2 Å². The molecule has 0 aromatic heterocycles. The van der Waals surface area contributed by atoms with Gasteiger partial charge in [-0.25, -0.2) is 4.99 Å². The van der Waals surface area contributed by atoms with Gasteiger partial charge in [0, 0.05) is 33.4 Å². The monoisotopic (exact) mass is 511 g/mol.